The zero-order chi connectivity index (χ0) is 19.2. The van der Waals surface area contributed by atoms with Crippen molar-refractivity contribution in [2.75, 3.05) is 0 Å². The largest absolute Gasteiger partial charge is 0.507 e. The van der Waals surface area contributed by atoms with Crippen LogP contribution in [0.2, 0.25) is 0 Å². The summed E-state index contributed by atoms with van der Waals surface area (Å²) in [5, 5.41) is 40.7. The second-order valence-electron chi connectivity index (χ2n) is 6.80. The van der Waals surface area contributed by atoms with E-state index < -0.39 is 0 Å². The molecule has 0 spiro atoms. The van der Waals surface area contributed by atoms with Crippen LogP contribution >= 0.6 is 0 Å². The molecule has 0 bridgehead atoms. The molecule has 4 heteroatoms. The summed E-state index contributed by atoms with van der Waals surface area (Å²) < 4.78 is 0. The molecule has 0 atom stereocenters. The van der Waals surface area contributed by atoms with Crippen molar-refractivity contribution in [1.29, 1.82) is 0 Å². The highest BCUT2D eigenvalue weighted by Gasteiger charge is 2.15. The van der Waals surface area contributed by atoms with Crippen LogP contribution in [0.25, 0.3) is 22.3 Å². The van der Waals surface area contributed by atoms with Gasteiger partial charge in [0.15, 0.2) is 0 Å². The van der Waals surface area contributed by atoms with Crippen molar-refractivity contribution >= 4 is 0 Å². The van der Waals surface area contributed by atoms with E-state index in [2.05, 4.69) is 0 Å². The van der Waals surface area contributed by atoms with Crippen molar-refractivity contribution in [3.05, 3.63) is 58.7 Å². The van der Waals surface area contributed by atoms with Gasteiger partial charge in [-0.2, -0.15) is 0 Å². The molecule has 0 heterocycles. The van der Waals surface area contributed by atoms with Crippen molar-refractivity contribution in [3.8, 4) is 45.3 Å². The standard InChI is InChI=1S/C22H22O4/c1-11-5-15(6-12(2)21(11)25)17-9-18(20(24)10-19(17)23)16-7-13(3)22(26)14(4)8-16/h5-10,23-26H,1-4H3. The third-order valence-corrected chi connectivity index (χ3v) is 4.72. The lowest BCUT2D eigenvalue weighted by Crippen LogP contribution is -1.89. The van der Waals surface area contributed by atoms with Crippen LogP contribution in [0.15, 0.2) is 36.4 Å². The average molecular weight is 350 g/mol. The molecule has 0 fully saturated rings. The Bertz CT molecular complexity index is 894. The van der Waals surface area contributed by atoms with E-state index in [1.165, 1.54) is 6.07 Å². The molecule has 0 radical (unpaired) electrons. The molecule has 3 aromatic carbocycles. The first-order chi connectivity index (χ1) is 12.2. The Kier molecular flexibility index (Phi) is 4.28. The van der Waals surface area contributed by atoms with Gasteiger partial charge < -0.3 is 20.4 Å². The summed E-state index contributed by atoms with van der Waals surface area (Å²) in [4.78, 5) is 0. The second kappa shape index (κ2) is 6.30. The van der Waals surface area contributed by atoms with Crippen molar-refractivity contribution in [1.82, 2.24) is 0 Å². The highest BCUT2D eigenvalue weighted by atomic mass is 16.3. The minimum Gasteiger partial charge on any atom is -0.507 e. The fourth-order valence-electron chi connectivity index (χ4n) is 3.26. The highest BCUT2D eigenvalue weighted by molar-refractivity contribution is 5.83. The van der Waals surface area contributed by atoms with Crippen LogP contribution in [0.1, 0.15) is 22.3 Å². The summed E-state index contributed by atoms with van der Waals surface area (Å²) in [5.74, 6) is 0.389. The number of benzene rings is 3. The zero-order valence-corrected chi connectivity index (χ0v) is 15.3. The van der Waals surface area contributed by atoms with Gasteiger partial charge in [-0.25, -0.2) is 0 Å². The summed E-state index contributed by atoms with van der Waals surface area (Å²) >= 11 is 0. The van der Waals surface area contributed by atoms with Crippen LogP contribution < -0.4 is 0 Å². The SMILES string of the molecule is Cc1cc(-c2cc(-c3cc(C)c(O)c(C)c3)c(O)cc2O)cc(C)c1O. The van der Waals surface area contributed by atoms with E-state index in [4.69, 9.17) is 0 Å². The molecule has 0 aliphatic rings. The van der Waals surface area contributed by atoms with Gasteiger partial charge in [0.05, 0.1) is 0 Å². The van der Waals surface area contributed by atoms with E-state index >= 15 is 0 Å². The molecule has 0 amide bonds. The van der Waals surface area contributed by atoms with E-state index in [1.54, 1.807) is 58.0 Å². The molecule has 3 rings (SSSR count). The van der Waals surface area contributed by atoms with Crippen LogP contribution in [0, 0.1) is 27.7 Å². The van der Waals surface area contributed by atoms with E-state index in [9.17, 15) is 20.4 Å². The Hall–Kier alpha value is -3.14. The molecule has 4 N–H and O–H groups in total. The number of phenols is 4. The van der Waals surface area contributed by atoms with Gasteiger partial charge in [-0.15, -0.1) is 0 Å². The fraction of sp³-hybridized carbons (Fsp3) is 0.182. The molecule has 0 saturated heterocycles. The Labute approximate surface area is 152 Å². The number of rotatable bonds is 2. The van der Waals surface area contributed by atoms with E-state index in [-0.39, 0.29) is 23.0 Å². The van der Waals surface area contributed by atoms with Gasteiger partial charge in [-0.1, -0.05) is 0 Å². The third kappa shape index (κ3) is 2.94. The first-order valence-corrected chi connectivity index (χ1v) is 8.36. The van der Waals surface area contributed by atoms with Gasteiger partial charge >= 0.3 is 0 Å². The molecule has 26 heavy (non-hydrogen) atoms. The Balaban J connectivity index is 2.23. The maximum absolute atomic E-state index is 10.4. The topological polar surface area (TPSA) is 80.9 Å². The predicted molar refractivity (Wildman–Crippen MR) is 103 cm³/mol. The molecular formula is C22H22O4. The number of hydrogen-bond donors (Lipinski definition) is 4. The average Bonchev–Trinajstić information content (AvgIpc) is 2.57. The summed E-state index contributed by atoms with van der Waals surface area (Å²) in [6, 6.07) is 10.2. The van der Waals surface area contributed by atoms with Crippen LogP contribution in [0.5, 0.6) is 23.0 Å². The molecule has 0 aliphatic carbocycles. The lowest BCUT2D eigenvalue weighted by atomic mass is 9.93. The molecule has 0 saturated carbocycles. The number of phenolic OH excluding ortho intramolecular Hbond substituents is 4. The van der Waals surface area contributed by atoms with Gasteiger partial charge in [-0.3, -0.25) is 0 Å². The smallest absolute Gasteiger partial charge is 0.127 e. The number of aryl methyl sites for hydroxylation is 4. The minimum atomic E-state index is -0.0389. The van der Waals surface area contributed by atoms with Crippen molar-refractivity contribution < 1.29 is 20.4 Å². The van der Waals surface area contributed by atoms with Crippen LogP contribution in [-0.4, -0.2) is 20.4 Å². The predicted octanol–water partition coefficient (Wildman–Crippen LogP) is 5.08. The second-order valence-corrected chi connectivity index (χ2v) is 6.80. The summed E-state index contributed by atoms with van der Waals surface area (Å²) in [6.07, 6.45) is 0. The molecule has 3 aromatic rings. The Morgan fingerprint density at radius 1 is 0.462 bits per heavy atom. The van der Waals surface area contributed by atoms with E-state index in [0.717, 1.165) is 11.1 Å². The molecule has 134 valence electrons. The Morgan fingerprint density at radius 3 is 1.08 bits per heavy atom. The van der Waals surface area contributed by atoms with E-state index in [1.807, 2.05) is 0 Å². The molecular weight excluding hydrogens is 328 g/mol. The maximum atomic E-state index is 10.4. The lowest BCUT2D eigenvalue weighted by molar-refractivity contribution is 0.452. The number of aromatic hydroxyl groups is 4. The monoisotopic (exact) mass is 350 g/mol. The first kappa shape index (κ1) is 17.7. The van der Waals surface area contributed by atoms with Gasteiger partial charge in [0.1, 0.15) is 23.0 Å². The first-order valence-electron chi connectivity index (χ1n) is 8.36. The van der Waals surface area contributed by atoms with Gasteiger partial charge in [0, 0.05) is 17.2 Å². The van der Waals surface area contributed by atoms with Crippen LogP contribution in [0.4, 0.5) is 0 Å². The van der Waals surface area contributed by atoms with Crippen molar-refractivity contribution in [2.45, 2.75) is 27.7 Å². The lowest BCUT2D eigenvalue weighted by Gasteiger charge is -2.14. The fourth-order valence-corrected chi connectivity index (χ4v) is 3.26. The third-order valence-electron chi connectivity index (χ3n) is 4.72. The van der Waals surface area contributed by atoms with Crippen molar-refractivity contribution in [2.24, 2.45) is 0 Å². The maximum Gasteiger partial charge on any atom is 0.127 e. The van der Waals surface area contributed by atoms with Crippen LogP contribution in [-0.2, 0) is 0 Å². The quantitative estimate of drug-likeness (QED) is 0.520. The zero-order valence-electron chi connectivity index (χ0n) is 15.3. The molecule has 0 aromatic heterocycles. The van der Waals surface area contributed by atoms with Gasteiger partial charge in [0.25, 0.3) is 0 Å². The van der Waals surface area contributed by atoms with Gasteiger partial charge in [-0.05, 0) is 91.4 Å². The highest BCUT2D eigenvalue weighted by Crippen LogP contribution is 2.42. The summed E-state index contributed by atoms with van der Waals surface area (Å²) in [5.41, 5.74) is 5.48. The van der Waals surface area contributed by atoms with Crippen molar-refractivity contribution in [3.63, 3.8) is 0 Å². The molecule has 0 aliphatic heterocycles. The van der Waals surface area contributed by atoms with E-state index in [0.29, 0.717) is 33.4 Å². The van der Waals surface area contributed by atoms with Gasteiger partial charge in [0.2, 0.25) is 0 Å². The molecule has 4 nitrogen and oxygen atoms in total. The minimum absolute atomic E-state index is 0.0389. The Morgan fingerprint density at radius 2 is 0.769 bits per heavy atom. The number of hydrogen-bond acceptors (Lipinski definition) is 4. The summed E-state index contributed by atoms with van der Waals surface area (Å²) in [7, 11) is 0. The normalized spacial score (nSPS) is 10.9. The summed E-state index contributed by atoms with van der Waals surface area (Å²) in [6.45, 7) is 7.21. The molecule has 0 unspecified atom stereocenters. The van der Waals surface area contributed by atoms with Crippen LogP contribution in [0.3, 0.4) is 0 Å².